The summed E-state index contributed by atoms with van der Waals surface area (Å²) in [5, 5.41) is 2.87. The van der Waals surface area contributed by atoms with Crippen LogP contribution in [0.15, 0.2) is 29.2 Å². The van der Waals surface area contributed by atoms with Crippen LogP contribution < -0.4 is 5.32 Å². The monoisotopic (exact) mass is 271 g/mol. The lowest BCUT2D eigenvalue weighted by Gasteiger charge is -2.13. The summed E-state index contributed by atoms with van der Waals surface area (Å²) in [6, 6.07) is 7.12. The van der Waals surface area contributed by atoms with Gasteiger partial charge in [0, 0.05) is 39.3 Å². The molecule has 1 aromatic carbocycles. The standard InChI is InChI=1S/C12H17NO2S2/c1-9(6-7-17(2)15)13-12(14)10-4-3-5-11(16)8-10/h3-5,8-9,16H,6-7H2,1-2H3,(H,13,14). The number of carbonyl (C=O) groups is 1. The largest absolute Gasteiger partial charge is 0.350 e. The summed E-state index contributed by atoms with van der Waals surface area (Å²) in [4.78, 5) is 12.6. The second kappa shape index (κ2) is 6.81. The molecule has 0 spiro atoms. The van der Waals surface area contributed by atoms with Gasteiger partial charge in [0.2, 0.25) is 0 Å². The maximum absolute atomic E-state index is 11.8. The van der Waals surface area contributed by atoms with Gasteiger partial charge in [-0.2, -0.15) is 0 Å². The van der Waals surface area contributed by atoms with Gasteiger partial charge in [0.1, 0.15) is 0 Å². The average Bonchev–Trinajstić information content (AvgIpc) is 2.26. The lowest BCUT2D eigenvalue weighted by molar-refractivity contribution is 0.0939. The molecule has 94 valence electrons. The zero-order valence-electron chi connectivity index (χ0n) is 9.97. The van der Waals surface area contributed by atoms with E-state index in [1.54, 1.807) is 24.5 Å². The van der Waals surface area contributed by atoms with Crippen molar-refractivity contribution in [1.82, 2.24) is 5.32 Å². The Labute approximate surface area is 110 Å². The van der Waals surface area contributed by atoms with Gasteiger partial charge in [-0.3, -0.25) is 9.00 Å². The number of hydrogen-bond donors (Lipinski definition) is 2. The molecule has 17 heavy (non-hydrogen) atoms. The summed E-state index contributed by atoms with van der Waals surface area (Å²) in [7, 11) is -0.813. The number of hydrogen-bond acceptors (Lipinski definition) is 3. The van der Waals surface area contributed by atoms with Crippen LogP contribution in [0.5, 0.6) is 0 Å². The molecule has 0 aliphatic rings. The molecule has 1 amide bonds. The first-order chi connectivity index (χ1) is 7.99. The topological polar surface area (TPSA) is 46.2 Å². The van der Waals surface area contributed by atoms with E-state index in [2.05, 4.69) is 17.9 Å². The summed E-state index contributed by atoms with van der Waals surface area (Å²) in [5.74, 6) is 0.490. The second-order valence-electron chi connectivity index (χ2n) is 3.99. The Morgan fingerprint density at radius 1 is 1.53 bits per heavy atom. The third-order valence-electron chi connectivity index (χ3n) is 2.32. The highest BCUT2D eigenvalue weighted by atomic mass is 32.2. The van der Waals surface area contributed by atoms with E-state index >= 15 is 0 Å². The fourth-order valence-corrected chi connectivity index (χ4v) is 2.28. The zero-order chi connectivity index (χ0) is 12.8. The molecule has 1 aromatic rings. The van der Waals surface area contributed by atoms with Crippen molar-refractivity contribution < 1.29 is 9.00 Å². The first-order valence-corrected chi connectivity index (χ1v) is 7.56. The highest BCUT2D eigenvalue weighted by Gasteiger charge is 2.10. The van der Waals surface area contributed by atoms with E-state index in [0.717, 1.165) is 11.3 Å². The van der Waals surface area contributed by atoms with Gasteiger partial charge >= 0.3 is 0 Å². The van der Waals surface area contributed by atoms with E-state index in [0.29, 0.717) is 11.3 Å². The Morgan fingerprint density at radius 3 is 2.82 bits per heavy atom. The summed E-state index contributed by atoms with van der Waals surface area (Å²) in [6.07, 6.45) is 2.38. The highest BCUT2D eigenvalue weighted by molar-refractivity contribution is 7.84. The van der Waals surface area contributed by atoms with Gasteiger partial charge in [0.05, 0.1) is 0 Å². The van der Waals surface area contributed by atoms with Crippen LogP contribution in [0.2, 0.25) is 0 Å². The molecule has 0 radical (unpaired) electrons. The third-order valence-corrected chi connectivity index (χ3v) is 3.41. The molecule has 5 heteroatoms. The van der Waals surface area contributed by atoms with Gasteiger partial charge in [0.25, 0.3) is 5.91 Å². The number of rotatable bonds is 5. The molecule has 0 aliphatic carbocycles. The molecule has 2 unspecified atom stereocenters. The average molecular weight is 271 g/mol. The van der Waals surface area contributed by atoms with Crippen molar-refractivity contribution in [2.75, 3.05) is 12.0 Å². The van der Waals surface area contributed by atoms with E-state index in [-0.39, 0.29) is 11.9 Å². The molecule has 0 bridgehead atoms. The quantitative estimate of drug-likeness (QED) is 0.803. The number of carbonyl (C=O) groups excluding carboxylic acids is 1. The fourth-order valence-electron chi connectivity index (χ4n) is 1.37. The van der Waals surface area contributed by atoms with Crippen molar-refractivity contribution in [2.24, 2.45) is 0 Å². The summed E-state index contributed by atoms with van der Waals surface area (Å²) in [6.45, 7) is 1.91. The number of thiol groups is 1. The molecule has 0 saturated carbocycles. The molecule has 1 rings (SSSR count). The molecule has 1 N–H and O–H groups in total. The van der Waals surface area contributed by atoms with Crippen LogP contribution >= 0.6 is 12.6 Å². The van der Waals surface area contributed by atoms with E-state index in [4.69, 9.17) is 0 Å². The molecular formula is C12H17NO2S2. The van der Waals surface area contributed by atoms with Crippen LogP contribution in [0, 0.1) is 0 Å². The maximum atomic E-state index is 11.8. The second-order valence-corrected chi connectivity index (χ2v) is 6.06. The highest BCUT2D eigenvalue weighted by Crippen LogP contribution is 2.09. The summed E-state index contributed by atoms with van der Waals surface area (Å²) < 4.78 is 10.9. The number of amides is 1. The van der Waals surface area contributed by atoms with Gasteiger partial charge < -0.3 is 5.32 Å². The van der Waals surface area contributed by atoms with Crippen molar-refractivity contribution in [1.29, 1.82) is 0 Å². The number of benzene rings is 1. The van der Waals surface area contributed by atoms with E-state index in [1.165, 1.54) is 0 Å². The van der Waals surface area contributed by atoms with Crippen molar-refractivity contribution in [3.63, 3.8) is 0 Å². The van der Waals surface area contributed by atoms with Gasteiger partial charge in [-0.1, -0.05) is 6.07 Å². The van der Waals surface area contributed by atoms with E-state index in [9.17, 15) is 9.00 Å². The molecule has 0 aromatic heterocycles. The Kier molecular flexibility index (Phi) is 5.71. The first kappa shape index (κ1) is 14.3. The van der Waals surface area contributed by atoms with E-state index < -0.39 is 10.8 Å². The first-order valence-electron chi connectivity index (χ1n) is 5.39. The SMILES string of the molecule is CC(CCS(C)=O)NC(=O)c1cccc(S)c1. The van der Waals surface area contributed by atoms with Gasteiger partial charge in [-0.15, -0.1) is 12.6 Å². The molecule has 0 aliphatic heterocycles. The Balaban J connectivity index is 2.51. The lowest BCUT2D eigenvalue weighted by atomic mass is 10.2. The van der Waals surface area contributed by atoms with Crippen molar-refractivity contribution in [3.8, 4) is 0 Å². The van der Waals surface area contributed by atoms with Crippen molar-refractivity contribution in [3.05, 3.63) is 29.8 Å². The van der Waals surface area contributed by atoms with Crippen LogP contribution in [-0.2, 0) is 10.8 Å². The molecule has 2 atom stereocenters. The molecule has 0 fully saturated rings. The van der Waals surface area contributed by atoms with Gasteiger partial charge in [-0.25, -0.2) is 0 Å². The fraction of sp³-hybridized carbons (Fsp3) is 0.417. The molecule has 3 nitrogen and oxygen atoms in total. The normalized spacial score (nSPS) is 14.1. The third kappa shape index (κ3) is 5.37. The van der Waals surface area contributed by atoms with Crippen LogP contribution in [0.4, 0.5) is 0 Å². The Hall–Kier alpha value is -0.810. The minimum absolute atomic E-state index is 0.0231. The summed E-state index contributed by atoms with van der Waals surface area (Å²) in [5.41, 5.74) is 0.599. The summed E-state index contributed by atoms with van der Waals surface area (Å²) >= 11 is 4.19. The predicted molar refractivity (Wildman–Crippen MR) is 74.2 cm³/mol. The van der Waals surface area contributed by atoms with Crippen molar-refractivity contribution in [2.45, 2.75) is 24.3 Å². The number of nitrogens with one attached hydrogen (secondary N) is 1. The van der Waals surface area contributed by atoms with Gasteiger partial charge in [-0.05, 0) is 31.5 Å². The molecular weight excluding hydrogens is 254 g/mol. The maximum Gasteiger partial charge on any atom is 0.251 e. The smallest absolute Gasteiger partial charge is 0.251 e. The Bertz CT molecular complexity index is 421. The van der Waals surface area contributed by atoms with Crippen LogP contribution in [0.3, 0.4) is 0 Å². The molecule has 0 heterocycles. The predicted octanol–water partition coefficient (Wildman–Crippen LogP) is 1.86. The van der Waals surface area contributed by atoms with Gasteiger partial charge in [0.15, 0.2) is 0 Å². The Morgan fingerprint density at radius 2 is 2.24 bits per heavy atom. The van der Waals surface area contributed by atoms with Crippen LogP contribution in [-0.4, -0.2) is 28.2 Å². The molecule has 0 saturated heterocycles. The minimum atomic E-state index is -0.813. The van der Waals surface area contributed by atoms with Crippen LogP contribution in [0.1, 0.15) is 23.7 Å². The van der Waals surface area contributed by atoms with Crippen molar-refractivity contribution >= 4 is 29.3 Å². The van der Waals surface area contributed by atoms with Crippen LogP contribution in [0.25, 0.3) is 0 Å². The van der Waals surface area contributed by atoms with E-state index in [1.807, 2.05) is 13.0 Å². The minimum Gasteiger partial charge on any atom is -0.350 e. The zero-order valence-corrected chi connectivity index (χ0v) is 11.7. The lowest BCUT2D eigenvalue weighted by Crippen LogP contribution is -2.33.